The molecule has 0 aliphatic carbocycles. The van der Waals surface area contributed by atoms with Gasteiger partial charge >= 0.3 is 6.09 Å². The Labute approximate surface area is 149 Å². The summed E-state index contributed by atoms with van der Waals surface area (Å²) in [6, 6.07) is 4.60. The number of carboxylic acid groups (broad SMARTS) is 1. The number of benzene rings is 1. The average Bonchev–Trinajstić information content (AvgIpc) is 2.62. The Kier molecular flexibility index (Phi) is 4.92. The number of H-pyrrole nitrogens is 1. The predicted molar refractivity (Wildman–Crippen MR) is 93.8 cm³/mol. The van der Waals surface area contributed by atoms with Crippen LogP contribution in [0.15, 0.2) is 23.0 Å². The van der Waals surface area contributed by atoms with Crippen molar-refractivity contribution in [2.75, 3.05) is 26.2 Å². The van der Waals surface area contributed by atoms with Gasteiger partial charge in [-0.3, -0.25) is 9.59 Å². The lowest BCUT2D eigenvalue weighted by Crippen LogP contribution is -2.50. The molecule has 0 radical (unpaired) electrons. The fourth-order valence-electron chi connectivity index (χ4n) is 3.21. The molecule has 0 unspecified atom stereocenters. The summed E-state index contributed by atoms with van der Waals surface area (Å²) in [6.45, 7) is 3.13. The van der Waals surface area contributed by atoms with Crippen molar-refractivity contribution in [1.82, 2.24) is 14.8 Å². The molecule has 1 aromatic heterocycles. The summed E-state index contributed by atoms with van der Waals surface area (Å²) < 4.78 is 13.9. The van der Waals surface area contributed by atoms with Gasteiger partial charge in [-0.25, -0.2) is 9.18 Å². The molecule has 0 spiro atoms. The van der Waals surface area contributed by atoms with E-state index in [4.69, 9.17) is 5.11 Å². The van der Waals surface area contributed by atoms with Crippen LogP contribution in [-0.4, -0.2) is 58.1 Å². The Morgan fingerprint density at radius 2 is 1.85 bits per heavy atom. The van der Waals surface area contributed by atoms with Gasteiger partial charge < -0.3 is 19.9 Å². The van der Waals surface area contributed by atoms with Crippen molar-refractivity contribution < 1.29 is 19.1 Å². The molecule has 138 valence electrons. The lowest BCUT2D eigenvalue weighted by molar-refractivity contribution is -0.132. The summed E-state index contributed by atoms with van der Waals surface area (Å²) in [5.41, 5.74) is 0.875. The number of hydrogen-bond donors (Lipinski definition) is 2. The summed E-state index contributed by atoms with van der Waals surface area (Å²) >= 11 is 0. The highest BCUT2D eigenvalue weighted by molar-refractivity contribution is 5.85. The van der Waals surface area contributed by atoms with Crippen LogP contribution in [0.3, 0.4) is 0 Å². The molecule has 0 saturated carbocycles. The molecule has 1 saturated heterocycles. The predicted octanol–water partition coefficient (Wildman–Crippen LogP) is 1.73. The van der Waals surface area contributed by atoms with E-state index in [1.165, 1.54) is 11.0 Å². The van der Waals surface area contributed by atoms with Gasteiger partial charge in [0, 0.05) is 38.3 Å². The number of hydrogen-bond acceptors (Lipinski definition) is 3. The van der Waals surface area contributed by atoms with Gasteiger partial charge in [-0.15, -0.1) is 0 Å². The number of nitrogens with zero attached hydrogens (tertiary/aromatic N) is 2. The second-order valence-electron chi connectivity index (χ2n) is 6.43. The molecular formula is C18H20FN3O4. The quantitative estimate of drug-likeness (QED) is 0.871. The highest BCUT2D eigenvalue weighted by atomic mass is 19.1. The number of amides is 2. The number of carbonyl (C=O) groups is 2. The average molecular weight is 361 g/mol. The lowest BCUT2D eigenvalue weighted by atomic mass is 10.0. The van der Waals surface area contributed by atoms with Crippen LogP contribution in [0.2, 0.25) is 0 Å². The van der Waals surface area contributed by atoms with Crippen molar-refractivity contribution in [2.24, 2.45) is 0 Å². The molecule has 1 aliphatic heterocycles. The van der Waals surface area contributed by atoms with Crippen LogP contribution >= 0.6 is 0 Å². The molecule has 1 aromatic carbocycles. The summed E-state index contributed by atoms with van der Waals surface area (Å²) in [7, 11) is 0. The maximum absolute atomic E-state index is 13.9. The normalized spacial score (nSPS) is 14.7. The van der Waals surface area contributed by atoms with E-state index in [9.17, 15) is 18.8 Å². The minimum absolute atomic E-state index is 0.0323. The molecule has 2 heterocycles. The van der Waals surface area contributed by atoms with E-state index >= 15 is 0 Å². The van der Waals surface area contributed by atoms with E-state index in [-0.39, 0.29) is 17.7 Å². The topological polar surface area (TPSA) is 93.7 Å². The van der Waals surface area contributed by atoms with Crippen LogP contribution in [0.4, 0.5) is 9.18 Å². The number of nitrogens with one attached hydrogen (secondary N) is 1. The SMILES string of the molecule is Cc1ccc(F)c2c(=O)[nH]c(CCC(=O)N3CCN(C(=O)O)CC3)cc12. The van der Waals surface area contributed by atoms with Crippen molar-refractivity contribution >= 4 is 22.8 Å². The van der Waals surface area contributed by atoms with Crippen LogP contribution in [0.25, 0.3) is 10.8 Å². The zero-order chi connectivity index (χ0) is 18.8. The molecule has 1 fully saturated rings. The first-order chi connectivity index (χ1) is 12.4. The number of rotatable bonds is 3. The van der Waals surface area contributed by atoms with Crippen molar-refractivity contribution in [1.29, 1.82) is 0 Å². The first-order valence-corrected chi connectivity index (χ1v) is 8.43. The van der Waals surface area contributed by atoms with Gasteiger partial charge in [0.2, 0.25) is 5.91 Å². The Hall–Kier alpha value is -2.90. The number of pyridine rings is 1. The third-order valence-corrected chi connectivity index (χ3v) is 4.74. The number of halogens is 1. The van der Waals surface area contributed by atoms with Crippen LogP contribution in [0.5, 0.6) is 0 Å². The van der Waals surface area contributed by atoms with Crippen molar-refractivity contribution in [3.8, 4) is 0 Å². The minimum Gasteiger partial charge on any atom is -0.465 e. The van der Waals surface area contributed by atoms with E-state index in [0.717, 1.165) is 5.56 Å². The first-order valence-electron chi connectivity index (χ1n) is 8.43. The van der Waals surface area contributed by atoms with E-state index in [1.54, 1.807) is 24.0 Å². The van der Waals surface area contributed by atoms with Gasteiger partial charge in [-0.1, -0.05) is 6.07 Å². The second kappa shape index (κ2) is 7.15. The minimum atomic E-state index is -0.978. The monoisotopic (exact) mass is 361 g/mol. The van der Waals surface area contributed by atoms with Crippen LogP contribution < -0.4 is 5.56 Å². The molecule has 3 rings (SSSR count). The van der Waals surface area contributed by atoms with Gasteiger partial charge in [0.15, 0.2) is 0 Å². The Morgan fingerprint density at radius 1 is 1.19 bits per heavy atom. The summed E-state index contributed by atoms with van der Waals surface area (Å²) in [6.07, 6.45) is -0.449. The Bertz CT molecular complexity index is 917. The molecule has 2 aromatic rings. The Balaban J connectivity index is 1.69. The summed E-state index contributed by atoms with van der Waals surface area (Å²) in [5.74, 6) is -0.655. The molecule has 7 nitrogen and oxygen atoms in total. The maximum atomic E-state index is 13.9. The zero-order valence-corrected chi connectivity index (χ0v) is 14.4. The zero-order valence-electron chi connectivity index (χ0n) is 14.4. The number of carbonyl (C=O) groups excluding carboxylic acids is 1. The third kappa shape index (κ3) is 3.54. The number of aromatic nitrogens is 1. The van der Waals surface area contributed by atoms with E-state index in [2.05, 4.69) is 4.98 Å². The van der Waals surface area contributed by atoms with E-state index in [1.807, 2.05) is 0 Å². The van der Waals surface area contributed by atoms with Crippen molar-refractivity contribution in [3.05, 3.63) is 45.6 Å². The molecule has 2 amide bonds. The molecule has 8 heteroatoms. The Morgan fingerprint density at radius 3 is 2.50 bits per heavy atom. The van der Waals surface area contributed by atoms with E-state index in [0.29, 0.717) is 43.7 Å². The first kappa shape index (κ1) is 17.9. The van der Waals surface area contributed by atoms with Gasteiger partial charge in [-0.05, 0) is 36.4 Å². The fourth-order valence-corrected chi connectivity index (χ4v) is 3.21. The number of piperazine rings is 1. The molecule has 26 heavy (non-hydrogen) atoms. The third-order valence-electron chi connectivity index (χ3n) is 4.74. The molecular weight excluding hydrogens is 341 g/mol. The van der Waals surface area contributed by atoms with Gasteiger partial charge in [0.05, 0.1) is 5.39 Å². The second-order valence-corrected chi connectivity index (χ2v) is 6.43. The van der Waals surface area contributed by atoms with Crippen molar-refractivity contribution in [2.45, 2.75) is 19.8 Å². The van der Waals surface area contributed by atoms with Crippen molar-refractivity contribution in [3.63, 3.8) is 0 Å². The highest BCUT2D eigenvalue weighted by Gasteiger charge is 2.23. The molecule has 0 atom stereocenters. The number of aromatic amines is 1. The smallest absolute Gasteiger partial charge is 0.407 e. The lowest BCUT2D eigenvalue weighted by Gasteiger charge is -2.33. The fraction of sp³-hybridized carbons (Fsp3) is 0.389. The van der Waals surface area contributed by atoms with Gasteiger partial charge in [0.25, 0.3) is 5.56 Å². The number of fused-ring (bicyclic) bond motifs is 1. The van der Waals surface area contributed by atoms with Crippen LogP contribution in [-0.2, 0) is 11.2 Å². The molecule has 0 bridgehead atoms. The van der Waals surface area contributed by atoms with Crippen LogP contribution in [0, 0.1) is 12.7 Å². The maximum Gasteiger partial charge on any atom is 0.407 e. The highest BCUT2D eigenvalue weighted by Crippen LogP contribution is 2.19. The van der Waals surface area contributed by atoms with E-state index < -0.39 is 17.5 Å². The summed E-state index contributed by atoms with van der Waals surface area (Å²) in [5, 5.41) is 9.51. The van der Waals surface area contributed by atoms with Gasteiger partial charge in [0.1, 0.15) is 5.82 Å². The van der Waals surface area contributed by atoms with Gasteiger partial charge in [-0.2, -0.15) is 0 Å². The largest absolute Gasteiger partial charge is 0.465 e. The molecule has 2 N–H and O–H groups in total. The molecule has 1 aliphatic rings. The van der Waals surface area contributed by atoms with Crippen LogP contribution in [0.1, 0.15) is 17.7 Å². The standard InChI is InChI=1S/C18H20FN3O4/c1-11-2-4-14(19)16-13(11)10-12(20-17(16)24)3-5-15(23)21-6-8-22(9-7-21)18(25)26/h2,4,10H,3,5-9H2,1H3,(H,20,24)(H,25,26). The summed E-state index contributed by atoms with van der Waals surface area (Å²) in [4.78, 5) is 40.9. The number of aryl methyl sites for hydroxylation is 2.